The average Bonchev–Trinajstić information content (AvgIpc) is 3.87. The normalized spacial score (nSPS) is 14.9. The maximum Gasteiger partial charge on any atom is 0.0725 e. The molecule has 0 saturated carbocycles. The van der Waals surface area contributed by atoms with Crippen molar-refractivity contribution < 1.29 is 0 Å². The number of benzene rings is 8. The molecule has 53 heavy (non-hydrogen) atoms. The van der Waals surface area contributed by atoms with Gasteiger partial charge in [0.2, 0.25) is 0 Å². The fourth-order valence-electron chi connectivity index (χ4n) is 10.5. The molecule has 0 atom stereocenters. The lowest BCUT2D eigenvalue weighted by Gasteiger charge is -2.30. The van der Waals surface area contributed by atoms with Crippen molar-refractivity contribution in [2.24, 2.45) is 0 Å². The molecular formula is C52H35N. The Hall–Kier alpha value is -6.44. The van der Waals surface area contributed by atoms with Crippen LogP contribution in [0.5, 0.6) is 0 Å². The molecule has 3 aliphatic rings. The summed E-state index contributed by atoms with van der Waals surface area (Å²) in [6.45, 7) is 4.81. The SMILES string of the molecule is CC1(C)c2cc(-c3ccc4c(c3)C3(c5ccccc5-c5ccccc53)c3ccccc3-4)ccc2-c2cc3c(cc21)c1ccccc1n3-c1ccccc1. The van der Waals surface area contributed by atoms with E-state index in [0.717, 1.165) is 0 Å². The maximum atomic E-state index is 2.51. The maximum absolute atomic E-state index is 2.51. The van der Waals surface area contributed by atoms with Crippen molar-refractivity contribution >= 4 is 21.8 Å². The second-order valence-electron chi connectivity index (χ2n) is 15.6. The first-order chi connectivity index (χ1) is 26.0. The van der Waals surface area contributed by atoms with Crippen LogP contribution in [-0.2, 0) is 10.8 Å². The van der Waals surface area contributed by atoms with Crippen LogP contribution in [0.4, 0.5) is 0 Å². The second-order valence-corrected chi connectivity index (χ2v) is 15.6. The van der Waals surface area contributed by atoms with E-state index in [0.29, 0.717) is 0 Å². The molecule has 0 fully saturated rings. The Morgan fingerprint density at radius 3 is 1.47 bits per heavy atom. The van der Waals surface area contributed by atoms with Gasteiger partial charge >= 0.3 is 0 Å². The highest BCUT2D eigenvalue weighted by atomic mass is 15.0. The minimum Gasteiger partial charge on any atom is -0.309 e. The predicted molar refractivity (Wildman–Crippen MR) is 220 cm³/mol. The molecule has 0 bridgehead atoms. The molecule has 1 aromatic heterocycles. The van der Waals surface area contributed by atoms with Crippen LogP contribution in [0.25, 0.3) is 72.0 Å². The zero-order valence-electron chi connectivity index (χ0n) is 29.7. The van der Waals surface area contributed by atoms with Gasteiger partial charge in [-0.05, 0) is 120 Å². The smallest absolute Gasteiger partial charge is 0.0725 e. The van der Waals surface area contributed by atoms with E-state index in [1.807, 2.05) is 0 Å². The van der Waals surface area contributed by atoms with Crippen LogP contribution in [0, 0.1) is 0 Å². The molecule has 1 heterocycles. The summed E-state index contributed by atoms with van der Waals surface area (Å²) in [5, 5.41) is 2.61. The zero-order chi connectivity index (χ0) is 35.1. The molecule has 9 aromatic rings. The summed E-state index contributed by atoms with van der Waals surface area (Å²) >= 11 is 0. The molecule has 0 aliphatic heterocycles. The Balaban J connectivity index is 1.06. The van der Waals surface area contributed by atoms with Crippen LogP contribution in [0.1, 0.15) is 47.2 Å². The predicted octanol–water partition coefficient (Wildman–Crippen LogP) is 13.1. The van der Waals surface area contributed by atoms with Crippen LogP contribution in [0.3, 0.4) is 0 Å². The van der Waals surface area contributed by atoms with Gasteiger partial charge in [-0.2, -0.15) is 0 Å². The fraction of sp³-hybridized carbons (Fsp3) is 0.0769. The highest BCUT2D eigenvalue weighted by Crippen LogP contribution is 2.63. The van der Waals surface area contributed by atoms with Crippen molar-refractivity contribution in [2.75, 3.05) is 0 Å². The van der Waals surface area contributed by atoms with Crippen molar-refractivity contribution in [1.29, 1.82) is 0 Å². The molecule has 3 aliphatic carbocycles. The number of nitrogens with zero attached hydrogens (tertiary/aromatic N) is 1. The lowest BCUT2D eigenvalue weighted by Crippen LogP contribution is -2.25. The first kappa shape index (κ1) is 29.2. The summed E-state index contributed by atoms with van der Waals surface area (Å²) in [6, 6.07) is 66.2. The van der Waals surface area contributed by atoms with Gasteiger partial charge in [0, 0.05) is 21.9 Å². The topological polar surface area (TPSA) is 4.93 Å². The van der Waals surface area contributed by atoms with Gasteiger partial charge in [0.05, 0.1) is 16.4 Å². The Morgan fingerprint density at radius 1 is 0.340 bits per heavy atom. The van der Waals surface area contributed by atoms with E-state index in [2.05, 4.69) is 194 Å². The summed E-state index contributed by atoms with van der Waals surface area (Å²) < 4.78 is 2.43. The lowest BCUT2D eigenvalue weighted by molar-refractivity contribution is 0.661. The van der Waals surface area contributed by atoms with E-state index in [-0.39, 0.29) is 10.8 Å². The van der Waals surface area contributed by atoms with E-state index in [1.54, 1.807) is 0 Å². The first-order valence-corrected chi connectivity index (χ1v) is 18.8. The van der Waals surface area contributed by atoms with Crippen molar-refractivity contribution in [1.82, 2.24) is 4.57 Å². The fourth-order valence-corrected chi connectivity index (χ4v) is 10.5. The molecule has 12 rings (SSSR count). The summed E-state index contributed by atoms with van der Waals surface area (Å²) in [7, 11) is 0. The molecule has 8 aromatic carbocycles. The third-order valence-corrected chi connectivity index (χ3v) is 12.8. The van der Waals surface area contributed by atoms with Crippen molar-refractivity contribution in [3.05, 3.63) is 209 Å². The zero-order valence-corrected chi connectivity index (χ0v) is 29.7. The number of hydrogen-bond donors (Lipinski definition) is 0. The third kappa shape index (κ3) is 3.57. The molecule has 1 heteroatoms. The van der Waals surface area contributed by atoms with E-state index in [4.69, 9.17) is 0 Å². The van der Waals surface area contributed by atoms with E-state index >= 15 is 0 Å². The molecule has 248 valence electrons. The third-order valence-electron chi connectivity index (χ3n) is 12.8. The Labute approximate surface area is 309 Å². The van der Waals surface area contributed by atoms with E-state index < -0.39 is 0 Å². The Kier molecular flexibility index (Phi) is 5.57. The van der Waals surface area contributed by atoms with Gasteiger partial charge < -0.3 is 4.57 Å². The van der Waals surface area contributed by atoms with Crippen molar-refractivity contribution in [2.45, 2.75) is 24.7 Å². The quantitative estimate of drug-likeness (QED) is 0.172. The monoisotopic (exact) mass is 673 g/mol. The Bertz CT molecular complexity index is 2960. The van der Waals surface area contributed by atoms with Crippen LogP contribution < -0.4 is 0 Å². The summed E-state index contributed by atoms with van der Waals surface area (Å²) in [6.07, 6.45) is 0. The molecule has 0 radical (unpaired) electrons. The highest BCUT2D eigenvalue weighted by molar-refractivity contribution is 6.11. The molecule has 0 N–H and O–H groups in total. The van der Waals surface area contributed by atoms with Gasteiger partial charge in [0.1, 0.15) is 0 Å². The van der Waals surface area contributed by atoms with Gasteiger partial charge in [-0.25, -0.2) is 0 Å². The average molecular weight is 674 g/mol. The summed E-state index contributed by atoms with van der Waals surface area (Å²) in [4.78, 5) is 0. The first-order valence-electron chi connectivity index (χ1n) is 18.8. The van der Waals surface area contributed by atoms with Gasteiger partial charge in [-0.3, -0.25) is 0 Å². The molecular weight excluding hydrogens is 639 g/mol. The van der Waals surface area contributed by atoms with E-state index in [1.165, 1.54) is 105 Å². The Morgan fingerprint density at radius 2 is 0.830 bits per heavy atom. The number of hydrogen-bond acceptors (Lipinski definition) is 0. The molecule has 1 nitrogen and oxygen atoms in total. The lowest BCUT2D eigenvalue weighted by atomic mass is 9.70. The second kappa shape index (κ2) is 10.1. The molecule has 0 unspecified atom stereocenters. The minimum atomic E-state index is -0.344. The van der Waals surface area contributed by atoms with Crippen LogP contribution in [0.2, 0.25) is 0 Å². The van der Waals surface area contributed by atoms with Crippen molar-refractivity contribution in [3.63, 3.8) is 0 Å². The highest BCUT2D eigenvalue weighted by Gasteiger charge is 2.51. The van der Waals surface area contributed by atoms with E-state index in [9.17, 15) is 0 Å². The number of aromatic nitrogens is 1. The largest absolute Gasteiger partial charge is 0.309 e. The molecule has 1 spiro atoms. The van der Waals surface area contributed by atoms with Crippen LogP contribution in [-0.4, -0.2) is 4.57 Å². The van der Waals surface area contributed by atoms with Crippen molar-refractivity contribution in [3.8, 4) is 50.2 Å². The summed E-state index contributed by atoms with van der Waals surface area (Å²) in [5.41, 5.74) is 22.1. The summed E-state index contributed by atoms with van der Waals surface area (Å²) in [5.74, 6) is 0. The van der Waals surface area contributed by atoms with Gasteiger partial charge in [-0.15, -0.1) is 0 Å². The molecule has 0 amide bonds. The number of fused-ring (bicyclic) bond motifs is 16. The van der Waals surface area contributed by atoms with Crippen LogP contribution in [0.15, 0.2) is 176 Å². The van der Waals surface area contributed by atoms with Gasteiger partial charge in [0.25, 0.3) is 0 Å². The number of para-hydroxylation sites is 2. The molecule has 0 saturated heterocycles. The number of rotatable bonds is 2. The van der Waals surface area contributed by atoms with Crippen LogP contribution >= 0.6 is 0 Å². The van der Waals surface area contributed by atoms with Gasteiger partial charge in [0.15, 0.2) is 0 Å². The minimum absolute atomic E-state index is 0.150. The van der Waals surface area contributed by atoms with Gasteiger partial charge in [-0.1, -0.05) is 147 Å². The standard InChI is InChI=1S/C52H35N/c1-51(2)46-28-32(25-27-39(46)41-31-50-42(30-47(41)51)40-19-9-13-23-49(40)53(50)34-14-4-3-5-15-34)33-24-26-38-37-18-8-12-22-45(37)52(48(38)29-33)43-20-10-6-16-35(43)36-17-7-11-21-44(36)52/h3-31H,1-2H3.